The lowest BCUT2D eigenvalue weighted by molar-refractivity contribution is -0.137. The molecule has 1 aliphatic heterocycles. The smallest absolute Gasteiger partial charge is 0.282 e. The molecular weight excluding hydrogens is 469 g/mol. The summed E-state index contributed by atoms with van der Waals surface area (Å²) < 4.78 is 67.4. The standard InChI is InChI=1S/C20H18ClF3N4O3S/c21-17-6-5-15(20(22,23)24)11-18(17)32(30,31)27-9-7-26(8-10-27)13-28-19(29)16-4-2-1-3-14(16)12-25-28/h1-6,11-12H,7-10,13H2. The minimum atomic E-state index is -4.69. The number of hydrogen-bond acceptors (Lipinski definition) is 5. The van der Waals surface area contributed by atoms with E-state index in [2.05, 4.69) is 5.10 Å². The van der Waals surface area contributed by atoms with E-state index in [-0.39, 0.29) is 43.4 Å². The number of sulfonamides is 1. The highest BCUT2D eigenvalue weighted by molar-refractivity contribution is 7.89. The van der Waals surface area contributed by atoms with Crippen LogP contribution < -0.4 is 5.56 Å². The molecule has 1 saturated heterocycles. The Kier molecular flexibility index (Phi) is 6.01. The zero-order valence-electron chi connectivity index (χ0n) is 16.6. The first kappa shape index (κ1) is 22.7. The Labute approximate surface area is 186 Å². The molecule has 0 radical (unpaired) electrons. The lowest BCUT2D eigenvalue weighted by Gasteiger charge is -2.34. The second kappa shape index (κ2) is 8.47. The van der Waals surface area contributed by atoms with Gasteiger partial charge in [-0.3, -0.25) is 9.69 Å². The molecular formula is C20H18ClF3N4O3S. The summed E-state index contributed by atoms with van der Waals surface area (Å²) >= 11 is 5.92. The molecule has 32 heavy (non-hydrogen) atoms. The van der Waals surface area contributed by atoms with Gasteiger partial charge in [-0.05, 0) is 24.3 Å². The normalized spacial score (nSPS) is 16.5. The molecule has 0 atom stereocenters. The lowest BCUT2D eigenvalue weighted by atomic mass is 10.2. The van der Waals surface area contributed by atoms with Gasteiger partial charge in [0.25, 0.3) is 5.56 Å². The van der Waals surface area contributed by atoms with Gasteiger partial charge in [0.15, 0.2) is 0 Å². The van der Waals surface area contributed by atoms with Crippen LogP contribution in [-0.4, -0.2) is 53.6 Å². The third kappa shape index (κ3) is 4.38. The van der Waals surface area contributed by atoms with Crippen LogP contribution in [0.4, 0.5) is 13.2 Å². The topological polar surface area (TPSA) is 75.5 Å². The van der Waals surface area contributed by atoms with Gasteiger partial charge in [0.05, 0.1) is 28.8 Å². The van der Waals surface area contributed by atoms with E-state index < -0.39 is 26.7 Å². The molecule has 0 bridgehead atoms. The Balaban J connectivity index is 1.49. The van der Waals surface area contributed by atoms with Crippen LogP contribution in [0.2, 0.25) is 5.02 Å². The van der Waals surface area contributed by atoms with Crippen molar-refractivity contribution in [2.24, 2.45) is 0 Å². The summed E-state index contributed by atoms with van der Waals surface area (Å²) in [5.74, 6) is 0. The molecule has 2 heterocycles. The number of piperazine rings is 1. The molecule has 7 nitrogen and oxygen atoms in total. The zero-order valence-corrected chi connectivity index (χ0v) is 18.2. The molecule has 3 aromatic rings. The third-order valence-corrected chi connectivity index (χ3v) is 7.68. The maximum atomic E-state index is 13.0. The molecule has 0 unspecified atom stereocenters. The van der Waals surface area contributed by atoms with E-state index in [1.807, 2.05) is 11.0 Å². The SMILES string of the molecule is O=c1c2ccccc2cnn1CN1CCN(S(=O)(=O)c2cc(C(F)(F)F)ccc2Cl)CC1. The summed E-state index contributed by atoms with van der Waals surface area (Å²) in [6.07, 6.45) is -3.10. The average Bonchev–Trinajstić information content (AvgIpc) is 2.75. The van der Waals surface area contributed by atoms with Crippen molar-refractivity contribution in [1.82, 2.24) is 19.0 Å². The highest BCUT2D eigenvalue weighted by Crippen LogP contribution is 2.34. The second-order valence-corrected chi connectivity index (χ2v) is 9.66. The van der Waals surface area contributed by atoms with Crippen molar-refractivity contribution < 1.29 is 21.6 Å². The van der Waals surface area contributed by atoms with Gasteiger partial charge in [-0.25, -0.2) is 13.1 Å². The van der Waals surface area contributed by atoms with Crippen LogP contribution >= 0.6 is 11.6 Å². The summed E-state index contributed by atoms with van der Waals surface area (Å²) in [5, 5.41) is 5.15. The number of hydrogen-bond donors (Lipinski definition) is 0. The minimum absolute atomic E-state index is 0.0389. The lowest BCUT2D eigenvalue weighted by Crippen LogP contribution is -2.49. The van der Waals surface area contributed by atoms with Crippen LogP contribution in [0, 0.1) is 0 Å². The van der Waals surface area contributed by atoms with Crippen molar-refractivity contribution in [2.75, 3.05) is 26.2 Å². The van der Waals surface area contributed by atoms with Gasteiger partial charge >= 0.3 is 6.18 Å². The van der Waals surface area contributed by atoms with Crippen LogP contribution in [0.15, 0.2) is 58.4 Å². The molecule has 170 valence electrons. The van der Waals surface area contributed by atoms with Gasteiger partial charge in [0.1, 0.15) is 4.90 Å². The van der Waals surface area contributed by atoms with E-state index >= 15 is 0 Å². The number of nitrogens with zero attached hydrogens (tertiary/aromatic N) is 4. The van der Waals surface area contributed by atoms with Crippen LogP contribution in [0.25, 0.3) is 10.8 Å². The first-order chi connectivity index (χ1) is 15.1. The summed E-state index contributed by atoms with van der Waals surface area (Å²) in [5.41, 5.74) is -1.34. The molecule has 1 aliphatic rings. The van der Waals surface area contributed by atoms with Crippen LogP contribution in [0.5, 0.6) is 0 Å². The highest BCUT2D eigenvalue weighted by Gasteiger charge is 2.35. The fourth-order valence-electron chi connectivity index (χ4n) is 3.55. The van der Waals surface area contributed by atoms with E-state index in [1.165, 1.54) is 4.68 Å². The van der Waals surface area contributed by atoms with Gasteiger partial charge in [-0.15, -0.1) is 0 Å². The number of rotatable bonds is 4. The van der Waals surface area contributed by atoms with Gasteiger partial charge in [-0.1, -0.05) is 29.8 Å². The fraction of sp³-hybridized carbons (Fsp3) is 0.300. The predicted molar refractivity (Wildman–Crippen MR) is 113 cm³/mol. The van der Waals surface area contributed by atoms with Crippen molar-refractivity contribution in [2.45, 2.75) is 17.7 Å². The number of aromatic nitrogens is 2. The largest absolute Gasteiger partial charge is 0.416 e. The van der Waals surface area contributed by atoms with Crippen LogP contribution in [-0.2, 0) is 22.9 Å². The average molecular weight is 487 g/mol. The van der Waals surface area contributed by atoms with Gasteiger partial charge in [-0.2, -0.15) is 22.6 Å². The third-order valence-electron chi connectivity index (χ3n) is 5.30. The summed E-state index contributed by atoms with van der Waals surface area (Å²) in [6.45, 7) is 0.795. The number of benzene rings is 2. The maximum absolute atomic E-state index is 13.0. The molecule has 1 fully saturated rings. The second-order valence-electron chi connectivity index (χ2n) is 7.34. The minimum Gasteiger partial charge on any atom is -0.282 e. The molecule has 2 aromatic carbocycles. The molecule has 0 aliphatic carbocycles. The van der Waals surface area contributed by atoms with Crippen molar-refractivity contribution in [3.63, 3.8) is 0 Å². The predicted octanol–water partition coefficient (Wildman–Crippen LogP) is 3.03. The highest BCUT2D eigenvalue weighted by atomic mass is 35.5. The summed E-state index contributed by atoms with van der Waals surface area (Å²) in [7, 11) is -4.22. The van der Waals surface area contributed by atoms with E-state index in [4.69, 9.17) is 11.6 Å². The molecule has 0 amide bonds. The van der Waals surface area contributed by atoms with E-state index in [9.17, 15) is 26.4 Å². The maximum Gasteiger partial charge on any atom is 0.416 e. The van der Waals surface area contributed by atoms with Gasteiger partial charge in [0.2, 0.25) is 10.0 Å². The first-order valence-electron chi connectivity index (χ1n) is 9.61. The fourth-order valence-corrected chi connectivity index (χ4v) is 5.47. The van der Waals surface area contributed by atoms with Gasteiger partial charge < -0.3 is 0 Å². The van der Waals surface area contributed by atoms with Crippen molar-refractivity contribution in [3.8, 4) is 0 Å². The number of alkyl halides is 3. The molecule has 0 spiro atoms. The Hall–Kier alpha value is -2.47. The van der Waals surface area contributed by atoms with E-state index in [0.717, 1.165) is 21.8 Å². The molecule has 12 heteroatoms. The Bertz CT molecular complexity index is 1320. The van der Waals surface area contributed by atoms with Crippen molar-refractivity contribution in [3.05, 3.63) is 69.6 Å². The van der Waals surface area contributed by atoms with Crippen molar-refractivity contribution in [1.29, 1.82) is 0 Å². The number of fused-ring (bicyclic) bond motifs is 1. The Morgan fingerprint density at radius 1 is 1.03 bits per heavy atom. The Morgan fingerprint density at radius 3 is 2.41 bits per heavy atom. The van der Waals surface area contributed by atoms with Crippen molar-refractivity contribution >= 4 is 32.4 Å². The number of halogens is 4. The molecule has 0 saturated carbocycles. The monoisotopic (exact) mass is 486 g/mol. The summed E-state index contributed by atoms with van der Waals surface area (Å²) in [6, 6.07) is 9.30. The van der Waals surface area contributed by atoms with Crippen LogP contribution in [0.3, 0.4) is 0 Å². The van der Waals surface area contributed by atoms with Gasteiger partial charge in [0, 0.05) is 31.6 Å². The van der Waals surface area contributed by atoms with Crippen LogP contribution in [0.1, 0.15) is 5.56 Å². The summed E-state index contributed by atoms with van der Waals surface area (Å²) in [4.78, 5) is 13.9. The quantitative estimate of drug-likeness (QED) is 0.566. The molecule has 1 aromatic heterocycles. The van der Waals surface area contributed by atoms with E-state index in [0.29, 0.717) is 11.5 Å². The molecule has 4 rings (SSSR count). The van der Waals surface area contributed by atoms with E-state index in [1.54, 1.807) is 24.4 Å². The Morgan fingerprint density at radius 2 is 1.72 bits per heavy atom. The molecule has 0 N–H and O–H groups in total. The zero-order chi connectivity index (χ0) is 23.1. The first-order valence-corrected chi connectivity index (χ1v) is 11.4.